The average Bonchev–Trinajstić information content (AvgIpc) is 3.40. The molecule has 9 heteroatoms. The molecule has 37 heavy (non-hydrogen) atoms. The van der Waals surface area contributed by atoms with E-state index in [-0.39, 0.29) is 11.5 Å². The van der Waals surface area contributed by atoms with Gasteiger partial charge in [-0.2, -0.15) is 13.2 Å². The molecule has 2 amide bonds. The second kappa shape index (κ2) is 10.6. The highest BCUT2D eigenvalue weighted by Gasteiger charge is 2.32. The summed E-state index contributed by atoms with van der Waals surface area (Å²) < 4.78 is 40.1. The van der Waals surface area contributed by atoms with Crippen LogP contribution in [0.1, 0.15) is 46.7 Å². The summed E-state index contributed by atoms with van der Waals surface area (Å²) in [6.45, 7) is 8.89. The number of nitrogens with zero attached hydrogens (tertiary/aromatic N) is 1. The second-order valence-corrected chi connectivity index (χ2v) is 8.88. The zero-order valence-corrected chi connectivity index (χ0v) is 20.9. The minimum absolute atomic E-state index is 0.266. The van der Waals surface area contributed by atoms with Crippen molar-refractivity contribution < 1.29 is 22.8 Å². The number of nitrogens with one attached hydrogen (secondary N) is 3. The quantitative estimate of drug-likeness (QED) is 0.347. The number of aryl methyl sites for hydroxylation is 1. The topological polar surface area (TPSA) is 77.2 Å². The van der Waals surface area contributed by atoms with Crippen LogP contribution in [0.15, 0.2) is 48.5 Å². The molecule has 0 saturated carbocycles. The fourth-order valence-corrected chi connectivity index (χ4v) is 4.51. The van der Waals surface area contributed by atoms with E-state index < -0.39 is 17.6 Å². The number of benzene rings is 2. The third kappa shape index (κ3) is 5.61. The van der Waals surface area contributed by atoms with E-state index in [0.717, 1.165) is 30.9 Å². The number of carbonyl (C=O) groups is 2. The molecule has 0 spiro atoms. The minimum atomic E-state index is -4.49. The molecular formula is C28H29F3N4O2. The first-order chi connectivity index (χ1) is 17.6. The number of carbonyl (C=O) groups excluding carboxylic acids is 2. The summed E-state index contributed by atoms with van der Waals surface area (Å²) in [5, 5.41) is 5.72. The van der Waals surface area contributed by atoms with Crippen LogP contribution in [0.5, 0.6) is 0 Å². The number of H-pyrrole nitrogens is 1. The number of aromatic nitrogens is 1. The molecule has 1 aliphatic heterocycles. The summed E-state index contributed by atoms with van der Waals surface area (Å²) in [5.41, 5.74) is 2.90. The van der Waals surface area contributed by atoms with Gasteiger partial charge in [0.15, 0.2) is 0 Å². The number of hydrogen-bond donors (Lipinski definition) is 3. The fraction of sp³-hybridized carbons (Fsp3) is 0.286. The van der Waals surface area contributed by atoms with E-state index in [1.807, 2.05) is 6.92 Å². The van der Waals surface area contributed by atoms with Gasteiger partial charge in [-0.1, -0.05) is 38.1 Å². The fourth-order valence-electron chi connectivity index (χ4n) is 4.51. The van der Waals surface area contributed by atoms with E-state index >= 15 is 0 Å². The number of fused-ring (bicyclic) bond motifs is 1. The maximum absolute atomic E-state index is 13.4. The van der Waals surface area contributed by atoms with Crippen molar-refractivity contribution in [2.75, 3.05) is 31.5 Å². The Balaban J connectivity index is 1.71. The van der Waals surface area contributed by atoms with Crippen LogP contribution in [0.4, 0.5) is 18.9 Å². The standard InChI is InChI=1S/C28H29F3N4O2/c1-4-35(5-2)13-12-32-26(36)21-14-17(3)33-24(21)16-22-25-20(10-7-11-23(25)34-27(22)37)18-8-6-9-19(15-18)28(29,30)31/h6-11,14-16,33H,4-5,12-13H2,1-3H3,(H,32,36)(H,34,37). The zero-order chi connectivity index (χ0) is 26.7. The molecule has 0 radical (unpaired) electrons. The van der Waals surface area contributed by atoms with E-state index in [1.165, 1.54) is 6.07 Å². The molecule has 0 atom stereocenters. The van der Waals surface area contributed by atoms with Crippen LogP contribution in [0.3, 0.4) is 0 Å². The van der Waals surface area contributed by atoms with Crippen LogP contribution in [0.25, 0.3) is 22.8 Å². The van der Waals surface area contributed by atoms with Gasteiger partial charge >= 0.3 is 6.18 Å². The van der Waals surface area contributed by atoms with Gasteiger partial charge < -0.3 is 20.5 Å². The van der Waals surface area contributed by atoms with Gasteiger partial charge in [-0.15, -0.1) is 0 Å². The summed E-state index contributed by atoms with van der Waals surface area (Å²) >= 11 is 0. The average molecular weight is 511 g/mol. The van der Waals surface area contributed by atoms with Crippen LogP contribution in [0, 0.1) is 6.92 Å². The second-order valence-electron chi connectivity index (χ2n) is 8.88. The van der Waals surface area contributed by atoms with E-state index in [1.54, 1.807) is 36.4 Å². The van der Waals surface area contributed by atoms with Crippen LogP contribution in [-0.2, 0) is 11.0 Å². The zero-order valence-electron chi connectivity index (χ0n) is 20.9. The maximum Gasteiger partial charge on any atom is 0.416 e. The van der Waals surface area contributed by atoms with E-state index in [9.17, 15) is 22.8 Å². The molecule has 1 aliphatic rings. The smallest absolute Gasteiger partial charge is 0.358 e. The monoisotopic (exact) mass is 510 g/mol. The number of anilines is 1. The number of aromatic amines is 1. The van der Waals surface area contributed by atoms with Crippen molar-refractivity contribution in [2.45, 2.75) is 26.9 Å². The lowest BCUT2D eigenvalue weighted by molar-refractivity contribution is -0.137. The predicted octanol–water partition coefficient (Wildman–Crippen LogP) is 5.57. The number of likely N-dealkylation sites (N-methyl/N-ethyl adjacent to an activating group) is 1. The highest BCUT2D eigenvalue weighted by Crippen LogP contribution is 2.41. The largest absolute Gasteiger partial charge is 0.416 e. The van der Waals surface area contributed by atoms with Crippen molar-refractivity contribution >= 4 is 29.2 Å². The molecule has 3 aromatic rings. The van der Waals surface area contributed by atoms with Crippen molar-refractivity contribution in [3.8, 4) is 11.1 Å². The van der Waals surface area contributed by atoms with Gasteiger partial charge in [0, 0.05) is 30.0 Å². The van der Waals surface area contributed by atoms with Crippen LogP contribution in [0.2, 0.25) is 0 Å². The SMILES string of the molecule is CCN(CC)CCNC(=O)c1cc(C)[nH]c1C=C1C(=O)Nc2cccc(-c3cccc(C(F)(F)F)c3)c21. The maximum atomic E-state index is 13.4. The van der Waals surface area contributed by atoms with Gasteiger partial charge in [0.05, 0.1) is 22.4 Å². The summed E-state index contributed by atoms with van der Waals surface area (Å²) in [6, 6.07) is 11.8. The highest BCUT2D eigenvalue weighted by molar-refractivity contribution is 6.36. The number of halogens is 3. The van der Waals surface area contributed by atoms with Crippen LogP contribution < -0.4 is 10.6 Å². The lowest BCUT2D eigenvalue weighted by Gasteiger charge is -2.17. The Morgan fingerprint density at radius 2 is 1.81 bits per heavy atom. The Hall–Kier alpha value is -3.85. The Bertz CT molecular complexity index is 1350. The van der Waals surface area contributed by atoms with Crippen LogP contribution in [-0.4, -0.2) is 47.9 Å². The molecule has 0 aliphatic carbocycles. The number of alkyl halides is 3. The molecule has 3 N–H and O–H groups in total. The van der Waals surface area contributed by atoms with Gasteiger partial charge in [-0.25, -0.2) is 0 Å². The molecule has 0 fully saturated rings. The Kier molecular flexibility index (Phi) is 7.54. The molecule has 2 aromatic carbocycles. The van der Waals surface area contributed by atoms with Crippen LogP contribution >= 0.6 is 0 Å². The number of hydrogen-bond acceptors (Lipinski definition) is 3. The van der Waals surface area contributed by atoms with Gasteiger partial charge in [0.2, 0.25) is 0 Å². The minimum Gasteiger partial charge on any atom is -0.358 e. The van der Waals surface area contributed by atoms with Gasteiger partial charge in [-0.3, -0.25) is 9.59 Å². The Labute approximate surface area is 213 Å². The van der Waals surface area contributed by atoms with Gasteiger partial charge in [-0.05, 0) is 61.5 Å². The first kappa shape index (κ1) is 26.2. The third-order valence-corrected chi connectivity index (χ3v) is 6.45. The molecule has 194 valence electrons. The molecule has 6 nitrogen and oxygen atoms in total. The van der Waals surface area contributed by atoms with Crippen molar-refractivity contribution in [1.29, 1.82) is 0 Å². The van der Waals surface area contributed by atoms with E-state index in [2.05, 4.69) is 34.4 Å². The summed E-state index contributed by atoms with van der Waals surface area (Å²) in [4.78, 5) is 31.3. The van der Waals surface area contributed by atoms with Gasteiger partial charge in [0.1, 0.15) is 0 Å². The van der Waals surface area contributed by atoms with Crippen molar-refractivity contribution in [3.63, 3.8) is 0 Å². The molecule has 1 aromatic heterocycles. The first-order valence-corrected chi connectivity index (χ1v) is 12.2. The van der Waals surface area contributed by atoms with Crippen molar-refractivity contribution in [1.82, 2.24) is 15.2 Å². The molecule has 0 bridgehead atoms. The lowest BCUT2D eigenvalue weighted by Crippen LogP contribution is -2.34. The summed E-state index contributed by atoms with van der Waals surface area (Å²) in [7, 11) is 0. The highest BCUT2D eigenvalue weighted by atomic mass is 19.4. The lowest BCUT2D eigenvalue weighted by atomic mass is 9.93. The normalized spacial score (nSPS) is 14.2. The predicted molar refractivity (Wildman–Crippen MR) is 139 cm³/mol. The molecule has 4 rings (SSSR count). The van der Waals surface area contributed by atoms with Crippen molar-refractivity contribution in [3.05, 3.63) is 76.6 Å². The van der Waals surface area contributed by atoms with Gasteiger partial charge in [0.25, 0.3) is 11.8 Å². The molecule has 0 unspecified atom stereocenters. The summed E-state index contributed by atoms with van der Waals surface area (Å²) in [6.07, 6.45) is -2.90. The molecule has 2 heterocycles. The first-order valence-electron chi connectivity index (χ1n) is 12.2. The molecule has 0 saturated heterocycles. The Morgan fingerprint density at radius 1 is 1.08 bits per heavy atom. The molecular weight excluding hydrogens is 481 g/mol. The summed E-state index contributed by atoms with van der Waals surface area (Å²) in [5.74, 6) is -0.664. The van der Waals surface area contributed by atoms with Crippen molar-refractivity contribution in [2.24, 2.45) is 0 Å². The Morgan fingerprint density at radius 3 is 2.51 bits per heavy atom. The number of rotatable bonds is 8. The van der Waals surface area contributed by atoms with E-state index in [0.29, 0.717) is 46.7 Å². The third-order valence-electron chi connectivity index (χ3n) is 6.45. The number of amides is 2. The van der Waals surface area contributed by atoms with E-state index in [4.69, 9.17) is 0 Å².